The number of benzene rings is 14. The maximum Gasteiger partial charge on any atom is 2.00 e. The predicted octanol–water partition coefficient (Wildman–Crippen LogP) is 23.6. The summed E-state index contributed by atoms with van der Waals surface area (Å²) in [5.41, 5.74) is 23.5. The van der Waals surface area contributed by atoms with Crippen molar-refractivity contribution in [1.29, 1.82) is 0 Å². The maximum absolute atomic E-state index is 5.45. The average molecular weight is 1750 g/mol. The summed E-state index contributed by atoms with van der Waals surface area (Å²) in [5.74, 6) is 2.62. The molecule has 0 bridgehead atoms. The molecule has 4 radical (unpaired) electrons. The molecule has 0 amide bonds. The van der Waals surface area contributed by atoms with Crippen LogP contribution in [0.25, 0.3) is 155 Å². The number of para-hydroxylation sites is 7. The minimum atomic E-state index is -1.44. The fourth-order valence-electron chi connectivity index (χ4n) is 17.8. The molecule has 14 aromatic carbocycles. The van der Waals surface area contributed by atoms with E-state index in [1.54, 1.807) is 0 Å². The number of nitrogens with zero attached hydrogens (tertiary/aromatic N) is 11. The van der Waals surface area contributed by atoms with Crippen LogP contribution in [0, 0.1) is 48.8 Å². The van der Waals surface area contributed by atoms with Gasteiger partial charge in [0.25, 0.3) is 0 Å². The third-order valence-electron chi connectivity index (χ3n) is 23.2. The first-order valence-electron chi connectivity index (χ1n) is 40.6. The summed E-state index contributed by atoms with van der Waals surface area (Å²) < 4.78 is 15.6. The van der Waals surface area contributed by atoms with Crippen LogP contribution in [0.1, 0.15) is 11.1 Å². The van der Waals surface area contributed by atoms with Crippen LogP contribution in [0.3, 0.4) is 0 Å². The largest absolute Gasteiger partial charge is 2.00 e. The molecule has 0 spiro atoms. The minimum Gasteiger partial charge on any atom is -0.436 e. The second kappa shape index (κ2) is 33.2. The normalized spacial score (nSPS) is 11.8. The van der Waals surface area contributed by atoms with E-state index in [1.807, 2.05) is 83.6 Å². The van der Waals surface area contributed by atoms with Gasteiger partial charge in [0.05, 0.1) is 27.9 Å². The number of aryl methyl sites for hydroxylation is 2. The summed E-state index contributed by atoms with van der Waals surface area (Å²) in [6.07, 6.45) is 10.6. The zero-order chi connectivity index (χ0) is 79.9. The zero-order valence-corrected chi connectivity index (χ0v) is 70.0. The van der Waals surface area contributed by atoms with Gasteiger partial charge in [-0.1, -0.05) is 229 Å². The smallest absolute Gasteiger partial charge is 0.436 e. The molecular formula is C109H68Cu3N11Si-6. The van der Waals surface area contributed by atoms with Crippen molar-refractivity contribution >= 4 is 141 Å². The SMILES string of the molecule is [Cu+2].[Cu].[Cu].[c-]1c2c(c3ccccc3n2[Si](c2ccccc2)c2ccccc2)n2c3ccccc3n(-c3cccc(-n4[c-]ccc4)n3)c12.[c-]1ccccc1-c1[c-]c(-n2c3ccccc3c3cc4c5ccccc5n(-n5[c-]cc6ccccc65)c4nc32)ccc1.[c-]1ccccc1-c1ccc2c(n1)N(c1[c-]c3c(-c4[c-]cccc4)cccc3cc1)c1ccccc1CC2. The third kappa shape index (κ3) is 13.6. The van der Waals surface area contributed by atoms with Crippen molar-refractivity contribution in [1.82, 2.24) is 46.6 Å². The number of imidazole rings is 1. The van der Waals surface area contributed by atoms with Crippen LogP contribution in [0.4, 0.5) is 17.2 Å². The van der Waals surface area contributed by atoms with Gasteiger partial charge in [0, 0.05) is 72.5 Å². The Morgan fingerprint density at radius 1 is 0.363 bits per heavy atom. The Morgan fingerprint density at radius 3 is 1.72 bits per heavy atom. The van der Waals surface area contributed by atoms with E-state index in [4.69, 9.17) is 15.0 Å². The number of aromatic nitrogens is 10. The summed E-state index contributed by atoms with van der Waals surface area (Å²) in [7, 11) is -1.44. The van der Waals surface area contributed by atoms with Crippen LogP contribution < -0.4 is 15.3 Å². The molecule has 0 unspecified atom stereocenters. The van der Waals surface area contributed by atoms with Gasteiger partial charge in [0.2, 0.25) is 8.96 Å². The zero-order valence-electron chi connectivity index (χ0n) is 66.2. The van der Waals surface area contributed by atoms with E-state index in [2.05, 4.69) is 390 Å². The Balaban J connectivity index is 0.000000117. The molecule has 124 heavy (non-hydrogen) atoms. The van der Waals surface area contributed by atoms with E-state index in [9.17, 15) is 0 Å². The molecule has 11 heterocycles. The molecule has 0 atom stereocenters. The summed E-state index contributed by atoms with van der Waals surface area (Å²) in [6, 6.07) is 155. The van der Waals surface area contributed by atoms with E-state index in [0.29, 0.717) is 0 Å². The number of hydrogen-bond donors (Lipinski definition) is 0. The molecule has 0 N–H and O–H groups in total. The van der Waals surface area contributed by atoms with Gasteiger partial charge < -0.3 is 27.3 Å². The summed E-state index contributed by atoms with van der Waals surface area (Å²) in [5, 5.41) is 11.8. The van der Waals surface area contributed by atoms with E-state index >= 15 is 0 Å². The van der Waals surface area contributed by atoms with E-state index < -0.39 is 8.96 Å². The van der Waals surface area contributed by atoms with Gasteiger partial charge >= 0.3 is 17.1 Å². The van der Waals surface area contributed by atoms with Crippen molar-refractivity contribution in [3.8, 4) is 50.8 Å². The number of fused-ring (bicyclic) bond motifs is 17. The first-order chi connectivity index (χ1) is 60.1. The molecule has 25 rings (SSSR count). The monoisotopic (exact) mass is 1750 g/mol. The quantitative estimate of drug-likeness (QED) is 0.0955. The predicted molar refractivity (Wildman–Crippen MR) is 493 cm³/mol. The van der Waals surface area contributed by atoms with E-state index in [-0.39, 0.29) is 51.2 Å². The standard InChI is InChI=1S/C37H24N5Si.C37H21N4.C35H23N2.3Cu/c1-3-14-27(15-4-1)43(28-16-5-2-6-17-28)42-30-19-8-7-18-29(30)37-33(42)26-36-40(31-20-9-10-21-32(31)41(36)37)35-23-13-22-34(38-35)39-24-11-12-25-39;1-2-11-25(12-3-1)27-14-10-15-28(23-27)40-34-19-8-5-16-29(34)31-24-32-30-17-6-9-20-35(30)41(37(32)38-36(31)40)39-22-21-26-13-4-7-18-33(26)39;1-3-10-25(11-4-1)31-16-9-15-26-20-22-30(24-32(26)31)37-34-17-8-7-14-28(34)18-19-29-21-23-33(36-35(29)37)27-12-5-2-6-13-27;;;/h1-24H;1-11,13-21,24H;1-10,12,14-17,20-23H,18-19H2;;;/q-2;2*-3;;;+2. The Hall–Kier alpha value is -14.3. The Labute approximate surface area is 749 Å². The molecule has 1 aliphatic heterocycles. The molecule has 0 fully saturated rings. The maximum atomic E-state index is 5.45. The van der Waals surface area contributed by atoms with E-state index in [1.165, 1.54) is 37.9 Å². The molecule has 0 saturated heterocycles. The number of anilines is 3. The van der Waals surface area contributed by atoms with Crippen LogP contribution in [-0.2, 0) is 64.0 Å². The summed E-state index contributed by atoms with van der Waals surface area (Å²) >= 11 is 0. The van der Waals surface area contributed by atoms with Crippen LogP contribution in [0.15, 0.2) is 388 Å². The Morgan fingerprint density at radius 2 is 0.968 bits per heavy atom. The fraction of sp³-hybridized carbons (Fsp3) is 0.0183. The molecular weight excluding hydrogens is 1680 g/mol. The average Bonchev–Trinajstić information content (AvgIpc) is 1.54. The van der Waals surface area contributed by atoms with Crippen molar-refractivity contribution in [2.24, 2.45) is 0 Å². The second-order valence-corrected chi connectivity index (χ2v) is 32.5. The van der Waals surface area contributed by atoms with Crippen molar-refractivity contribution in [3.05, 3.63) is 448 Å². The summed E-state index contributed by atoms with van der Waals surface area (Å²) in [6.45, 7) is 0. The van der Waals surface area contributed by atoms with Crippen LogP contribution in [0.2, 0.25) is 0 Å². The number of rotatable bonds is 11. The van der Waals surface area contributed by atoms with Gasteiger partial charge in [-0.3, -0.25) is 19.2 Å². The summed E-state index contributed by atoms with van der Waals surface area (Å²) in [4.78, 5) is 18.1. The van der Waals surface area contributed by atoms with Crippen LogP contribution >= 0.6 is 0 Å². The van der Waals surface area contributed by atoms with Gasteiger partial charge in [0.1, 0.15) is 17.3 Å². The van der Waals surface area contributed by atoms with Gasteiger partial charge in [-0.2, -0.15) is 66.0 Å². The molecule has 0 saturated carbocycles. The van der Waals surface area contributed by atoms with Crippen LogP contribution in [0.5, 0.6) is 0 Å². The van der Waals surface area contributed by atoms with Crippen molar-refractivity contribution < 1.29 is 51.2 Å². The number of hydrogen-bond acceptors (Lipinski definition) is 4. The molecule has 1 aliphatic rings. The first kappa shape index (κ1) is 78.2. The topological polar surface area (TPSA) is 75.9 Å². The van der Waals surface area contributed by atoms with Gasteiger partial charge in [-0.05, 0) is 99.9 Å². The minimum absolute atomic E-state index is 0. The van der Waals surface area contributed by atoms with Crippen molar-refractivity contribution in [3.63, 3.8) is 0 Å². The Bertz CT molecular complexity index is 8020. The van der Waals surface area contributed by atoms with Gasteiger partial charge in [-0.25, -0.2) is 16.1 Å². The molecule has 0 aliphatic carbocycles. The third-order valence-corrected chi connectivity index (χ3v) is 25.9. The van der Waals surface area contributed by atoms with E-state index in [0.717, 1.165) is 169 Å². The number of pyridine rings is 3. The van der Waals surface area contributed by atoms with Gasteiger partial charge in [-0.15, -0.1) is 148 Å². The molecule has 11 nitrogen and oxygen atoms in total. The molecule has 602 valence electrons. The van der Waals surface area contributed by atoms with Gasteiger partial charge in [0.15, 0.2) is 5.65 Å². The van der Waals surface area contributed by atoms with Crippen LogP contribution in [-0.4, -0.2) is 55.6 Å². The first-order valence-corrected chi connectivity index (χ1v) is 42.1. The molecule has 15 heteroatoms. The second-order valence-electron chi connectivity index (χ2n) is 30.2. The van der Waals surface area contributed by atoms with Crippen molar-refractivity contribution in [2.45, 2.75) is 12.8 Å². The molecule has 24 aromatic rings. The van der Waals surface area contributed by atoms with Crippen molar-refractivity contribution in [2.75, 3.05) is 4.90 Å². The molecule has 10 aromatic heterocycles. The Kier molecular flexibility index (Phi) is 21.0. The fourth-order valence-corrected chi connectivity index (χ4v) is 20.4.